The first-order valence-corrected chi connectivity index (χ1v) is 11.6. The highest BCUT2D eigenvalue weighted by Crippen LogP contribution is 2.25. The second-order valence-corrected chi connectivity index (χ2v) is 8.35. The van der Waals surface area contributed by atoms with Gasteiger partial charge in [0.05, 0.1) is 16.8 Å². The summed E-state index contributed by atoms with van der Waals surface area (Å²) in [6.45, 7) is 8.85. The highest BCUT2D eigenvalue weighted by atomic mass is 32.1. The van der Waals surface area contributed by atoms with Gasteiger partial charge in [0.1, 0.15) is 10.8 Å². The van der Waals surface area contributed by atoms with Crippen LogP contribution in [0.5, 0.6) is 5.75 Å². The Bertz CT molecular complexity index is 863. The second-order valence-electron chi connectivity index (χ2n) is 7.29. The molecule has 0 radical (unpaired) electrons. The van der Waals surface area contributed by atoms with Crippen LogP contribution in [0.15, 0.2) is 48.5 Å². The number of thiazole rings is 1. The maximum Gasteiger partial charge on any atom is 0.126 e. The van der Waals surface area contributed by atoms with Crippen molar-refractivity contribution < 1.29 is 4.74 Å². The summed E-state index contributed by atoms with van der Waals surface area (Å²) in [6.07, 6.45) is 8.91. The zero-order valence-corrected chi connectivity index (χ0v) is 18.5. The number of rotatable bonds is 12. The van der Waals surface area contributed by atoms with Crippen LogP contribution in [0.4, 0.5) is 0 Å². The fourth-order valence-corrected chi connectivity index (χ4v) is 4.33. The predicted molar refractivity (Wildman–Crippen MR) is 127 cm³/mol. The maximum atomic E-state index is 6.10. The topological polar surface area (TPSA) is 25.4 Å². The summed E-state index contributed by atoms with van der Waals surface area (Å²) in [6, 6.07) is 16.5. The smallest absolute Gasteiger partial charge is 0.126 e. The van der Waals surface area contributed by atoms with Crippen molar-refractivity contribution in [1.82, 2.24) is 9.88 Å². The maximum absolute atomic E-state index is 6.10. The number of fused-ring (bicyclic) bond motifs is 1. The van der Waals surface area contributed by atoms with E-state index in [2.05, 4.69) is 72.3 Å². The van der Waals surface area contributed by atoms with Gasteiger partial charge < -0.3 is 9.64 Å². The van der Waals surface area contributed by atoms with Crippen LogP contribution in [-0.2, 0) is 0 Å². The minimum Gasteiger partial charge on any atom is -0.493 e. The molecule has 3 rings (SSSR count). The van der Waals surface area contributed by atoms with Crippen LogP contribution in [0.1, 0.15) is 50.1 Å². The number of benzene rings is 2. The molecule has 29 heavy (non-hydrogen) atoms. The van der Waals surface area contributed by atoms with Crippen LogP contribution in [-0.4, -0.2) is 36.1 Å². The van der Waals surface area contributed by atoms with Gasteiger partial charge in [-0.25, -0.2) is 4.98 Å². The number of aromatic nitrogens is 1. The minimum absolute atomic E-state index is 0.762. The van der Waals surface area contributed by atoms with Gasteiger partial charge in [-0.15, -0.1) is 11.3 Å². The molecule has 0 aliphatic rings. The Labute approximate surface area is 179 Å². The van der Waals surface area contributed by atoms with Gasteiger partial charge in [0.2, 0.25) is 0 Å². The van der Waals surface area contributed by atoms with Crippen LogP contribution in [0.2, 0.25) is 0 Å². The Morgan fingerprint density at radius 1 is 0.897 bits per heavy atom. The van der Waals surface area contributed by atoms with Crippen molar-refractivity contribution >= 4 is 33.7 Å². The SMILES string of the molecule is CCCN(CCC)CCCCOc1ccccc1C=Cc1nc2ccccc2s1. The molecule has 0 unspecified atom stereocenters. The lowest BCUT2D eigenvalue weighted by atomic mass is 10.2. The summed E-state index contributed by atoms with van der Waals surface area (Å²) in [5.74, 6) is 0.948. The van der Waals surface area contributed by atoms with E-state index in [1.807, 2.05) is 12.1 Å². The number of nitrogens with zero attached hydrogens (tertiary/aromatic N) is 2. The molecule has 0 N–H and O–H groups in total. The van der Waals surface area contributed by atoms with Crippen LogP contribution >= 0.6 is 11.3 Å². The number of hydrogen-bond acceptors (Lipinski definition) is 4. The normalized spacial score (nSPS) is 11.7. The van der Waals surface area contributed by atoms with Crippen molar-refractivity contribution in [3.8, 4) is 5.75 Å². The quantitative estimate of drug-likeness (QED) is 0.310. The van der Waals surface area contributed by atoms with E-state index >= 15 is 0 Å². The van der Waals surface area contributed by atoms with E-state index in [-0.39, 0.29) is 0 Å². The highest BCUT2D eigenvalue weighted by Gasteiger charge is 2.04. The largest absolute Gasteiger partial charge is 0.493 e. The summed E-state index contributed by atoms with van der Waals surface area (Å²) in [5.41, 5.74) is 2.16. The van der Waals surface area contributed by atoms with Gasteiger partial charge in [-0.2, -0.15) is 0 Å². The Morgan fingerprint density at radius 3 is 2.45 bits per heavy atom. The summed E-state index contributed by atoms with van der Waals surface area (Å²) in [5, 5.41) is 1.02. The Balaban J connectivity index is 1.52. The van der Waals surface area contributed by atoms with E-state index in [0.29, 0.717) is 0 Å². The van der Waals surface area contributed by atoms with E-state index in [1.54, 1.807) is 11.3 Å². The fourth-order valence-electron chi connectivity index (χ4n) is 3.46. The molecule has 1 heterocycles. The zero-order valence-electron chi connectivity index (χ0n) is 17.6. The van der Waals surface area contributed by atoms with Gasteiger partial charge >= 0.3 is 0 Å². The monoisotopic (exact) mass is 408 g/mol. The lowest BCUT2D eigenvalue weighted by Crippen LogP contribution is -2.26. The predicted octanol–water partition coefficient (Wildman–Crippen LogP) is 6.75. The standard InChI is InChI=1S/C25H32N2OS/c1-3-17-27(18-4-2)19-9-10-20-28-23-13-7-5-11-21(23)15-16-25-26-22-12-6-8-14-24(22)29-25/h5-8,11-16H,3-4,9-10,17-20H2,1-2H3. The number of para-hydroxylation sites is 2. The van der Waals surface area contributed by atoms with Gasteiger partial charge in [-0.05, 0) is 75.7 Å². The molecule has 3 nitrogen and oxygen atoms in total. The first-order valence-electron chi connectivity index (χ1n) is 10.8. The van der Waals surface area contributed by atoms with Gasteiger partial charge in [0.25, 0.3) is 0 Å². The average Bonchev–Trinajstić information content (AvgIpc) is 3.16. The molecule has 2 aromatic carbocycles. The lowest BCUT2D eigenvalue weighted by molar-refractivity contribution is 0.250. The Hall–Kier alpha value is -2.17. The molecular weight excluding hydrogens is 376 g/mol. The van der Waals surface area contributed by atoms with Gasteiger partial charge in [-0.1, -0.05) is 44.2 Å². The van der Waals surface area contributed by atoms with E-state index in [1.165, 1.54) is 43.6 Å². The van der Waals surface area contributed by atoms with E-state index in [4.69, 9.17) is 4.74 Å². The number of hydrogen-bond donors (Lipinski definition) is 0. The summed E-state index contributed by atoms with van der Waals surface area (Å²) in [4.78, 5) is 7.24. The van der Waals surface area contributed by atoms with Crippen molar-refractivity contribution in [2.75, 3.05) is 26.2 Å². The molecule has 0 atom stereocenters. The van der Waals surface area contributed by atoms with Crippen molar-refractivity contribution in [1.29, 1.82) is 0 Å². The first-order chi connectivity index (χ1) is 14.3. The van der Waals surface area contributed by atoms with Crippen LogP contribution in [0.25, 0.3) is 22.4 Å². The fraction of sp³-hybridized carbons (Fsp3) is 0.400. The first kappa shape index (κ1) is 21.5. The molecule has 4 heteroatoms. The molecule has 0 aliphatic heterocycles. The van der Waals surface area contributed by atoms with Crippen LogP contribution < -0.4 is 4.74 Å². The van der Waals surface area contributed by atoms with Crippen molar-refractivity contribution in [2.24, 2.45) is 0 Å². The summed E-state index contributed by atoms with van der Waals surface area (Å²) in [7, 11) is 0. The van der Waals surface area contributed by atoms with Gasteiger partial charge in [-0.3, -0.25) is 0 Å². The van der Waals surface area contributed by atoms with Gasteiger partial charge in [0, 0.05) is 5.56 Å². The Kier molecular flexibility index (Phi) is 8.72. The molecule has 0 saturated carbocycles. The highest BCUT2D eigenvalue weighted by molar-refractivity contribution is 7.19. The van der Waals surface area contributed by atoms with Crippen LogP contribution in [0.3, 0.4) is 0 Å². The zero-order chi connectivity index (χ0) is 20.3. The number of ether oxygens (including phenoxy) is 1. The molecule has 0 bridgehead atoms. The second kappa shape index (κ2) is 11.7. The molecule has 0 amide bonds. The molecule has 154 valence electrons. The molecule has 3 aromatic rings. The molecule has 1 aromatic heterocycles. The Morgan fingerprint density at radius 2 is 1.66 bits per heavy atom. The minimum atomic E-state index is 0.762. The molecular formula is C25H32N2OS. The summed E-state index contributed by atoms with van der Waals surface area (Å²) >= 11 is 1.71. The van der Waals surface area contributed by atoms with Crippen molar-refractivity contribution in [3.05, 3.63) is 59.1 Å². The molecule has 0 aliphatic carbocycles. The lowest BCUT2D eigenvalue weighted by Gasteiger charge is -2.20. The van der Waals surface area contributed by atoms with E-state index < -0.39 is 0 Å². The molecule has 0 spiro atoms. The van der Waals surface area contributed by atoms with E-state index in [0.717, 1.165) is 34.9 Å². The third kappa shape index (κ3) is 6.69. The number of unbranched alkanes of at least 4 members (excludes halogenated alkanes) is 1. The molecule has 0 saturated heterocycles. The third-order valence-corrected chi connectivity index (χ3v) is 5.84. The van der Waals surface area contributed by atoms with Crippen molar-refractivity contribution in [3.63, 3.8) is 0 Å². The summed E-state index contributed by atoms with van der Waals surface area (Å²) < 4.78 is 7.32. The molecule has 0 fully saturated rings. The van der Waals surface area contributed by atoms with E-state index in [9.17, 15) is 0 Å². The van der Waals surface area contributed by atoms with Crippen molar-refractivity contribution in [2.45, 2.75) is 39.5 Å². The van der Waals surface area contributed by atoms with Gasteiger partial charge in [0.15, 0.2) is 0 Å². The average molecular weight is 409 g/mol. The van der Waals surface area contributed by atoms with Crippen LogP contribution in [0, 0.1) is 0 Å². The third-order valence-electron chi connectivity index (χ3n) is 4.84.